The molecular formula is C19H26N4O4S. The minimum atomic E-state index is -3.80. The Morgan fingerprint density at radius 3 is 2.50 bits per heavy atom. The highest BCUT2D eigenvalue weighted by Gasteiger charge is 2.21. The molecule has 2 aromatic rings. The fraction of sp³-hybridized carbons (Fsp3) is 0.474. The van der Waals surface area contributed by atoms with Crippen molar-refractivity contribution in [3.63, 3.8) is 0 Å². The van der Waals surface area contributed by atoms with Crippen LogP contribution in [0.2, 0.25) is 0 Å². The first-order valence-corrected chi connectivity index (χ1v) is 10.7. The number of piperidine rings is 1. The molecule has 9 heteroatoms. The second-order valence-corrected chi connectivity index (χ2v) is 8.41. The van der Waals surface area contributed by atoms with E-state index in [-0.39, 0.29) is 17.2 Å². The van der Waals surface area contributed by atoms with Crippen molar-refractivity contribution in [2.75, 3.05) is 32.2 Å². The molecule has 2 heterocycles. The lowest BCUT2D eigenvalue weighted by molar-refractivity contribution is 0.386. The summed E-state index contributed by atoms with van der Waals surface area (Å²) in [4.78, 5) is 11.2. The summed E-state index contributed by atoms with van der Waals surface area (Å²) in [6, 6.07) is 6.51. The van der Waals surface area contributed by atoms with E-state index in [9.17, 15) is 8.42 Å². The first kappa shape index (κ1) is 20.3. The monoisotopic (exact) mass is 406 g/mol. The van der Waals surface area contributed by atoms with E-state index in [0.717, 1.165) is 37.4 Å². The van der Waals surface area contributed by atoms with Crippen molar-refractivity contribution in [1.82, 2.24) is 14.7 Å². The highest BCUT2D eigenvalue weighted by Crippen LogP contribution is 2.28. The molecule has 1 fully saturated rings. The Morgan fingerprint density at radius 2 is 1.82 bits per heavy atom. The summed E-state index contributed by atoms with van der Waals surface area (Å²) in [6.07, 6.45) is 3.52. The zero-order chi connectivity index (χ0) is 20.1. The van der Waals surface area contributed by atoms with Gasteiger partial charge in [-0.2, -0.15) is 0 Å². The van der Waals surface area contributed by atoms with Crippen LogP contribution < -0.4 is 19.1 Å². The maximum atomic E-state index is 12.8. The quantitative estimate of drug-likeness (QED) is 0.754. The average Bonchev–Trinajstić information content (AvgIpc) is 2.72. The lowest BCUT2D eigenvalue weighted by Gasteiger charge is -2.28. The van der Waals surface area contributed by atoms with Crippen molar-refractivity contribution in [3.8, 4) is 11.5 Å². The summed E-state index contributed by atoms with van der Waals surface area (Å²) in [5.74, 6) is 2.02. The number of aromatic nitrogens is 2. The predicted octanol–water partition coefficient (Wildman–Crippen LogP) is 2.27. The Balaban J connectivity index is 1.78. The maximum Gasteiger partial charge on any atom is 0.244 e. The van der Waals surface area contributed by atoms with Crippen LogP contribution in [-0.2, 0) is 16.6 Å². The van der Waals surface area contributed by atoms with Crippen molar-refractivity contribution in [2.45, 2.75) is 37.6 Å². The van der Waals surface area contributed by atoms with E-state index in [1.807, 2.05) is 13.0 Å². The second kappa shape index (κ2) is 8.74. The molecule has 0 aliphatic carbocycles. The number of methoxy groups -OCH3 is 2. The fourth-order valence-electron chi connectivity index (χ4n) is 3.21. The van der Waals surface area contributed by atoms with Crippen LogP contribution >= 0.6 is 0 Å². The number of hydrogen-bond acceptors (Lipinski definition) is 7. The molecule has 3 rings (SSSR count). The summed E-state index contributed by atoms with van der Waals surface area (Å²) in [5, 5.41) is 0. The smallest absolute Gasteiger partial charge is 0.244 e. The van der Waals surface area contributed by atoms with Crippen LogP contribution in [0.15, 0.2) is 29.2 Å². The van der Waals surface area contributed by atoms with Crippen LogP contribution in [0.3, 0.4) is 0 Å². The molecule has 0 radical (unpaired) electrons. The van der Waals surface area contributed by atoms with Crippen molar-refractivity contribution in [2.24, 2.45) is 0 Å². The van der Waals surface area contributed by atoms with Crippen LogP contribution in [0.25, 0.3) is 0 Å². The molecule has 28 heavy (non-hydrogen) atoms. The van der Waals surface area contributed by atoms with Crippen LogP contribution in [0.4, 0.5) is 5.82 Å². The maximum absolute atomic E-state index is 12.8. The third kappa shape index (κ3) is 4.71. The molecule has 1 saturated heterocycles. The van der Waals surface area contributed by atoms with E-state index < -0.39 is 10.0 Å². The van der Waals surface area contributed by atoms with Crippen molar-refractivity contribution in [1.29, 1.82) is 0 Å². The Kier molecular flexibility index (Phi) is 6.35. The van der Waals surface area contributed by atoms with Gasteiger partial charge in [-0.3, -0.25) is 0 Å². The number of sulfonamides is 1. The number of benzene rings is 1. The lowest BCUT2D eigenvalue weighted by atomic mass is 10.1. The molecule has 0 amide bonds. The topological polar surface area (TPSA) is 93.7 Å². The van der Waals surface area contributed by atoms with E-state index in [1.54, 1.807) is 6.07 Å². The molecule has 0 unspecified atom stereocenters. The third-order valence-electron chi connectivity index (χ3n) is 4.65. The molecule has 1 aromatic carbocycles. The molecular weight excluding hydrogens is 380 g/mol. The second-order valence-electron chi connectivity index (χ2n) is 6.67. The molecule has 8 nitrogen and oxygen atoms in total. The molecule has 0 atom stereocenters. The Hall–Kier alpha value is -2.39. The SMILES string of the molecule is COc1ccc(S(=O)(=O)NCc2nc(C)cc(N3CCCCC3)n2)c(OC)c1. The first-order valence-electron chi connectivity index (χ1n) is 9.24. The van der Waals surface area contributed by atoms with Crippen LogP contribution in [0.5, 0.6) is 11.5 Å². The number of rotatable bonds is 7. The van der Waals surface area contributed by atoms with E-state index in [0.29, 0.717) is 11.6 Å². The molecule has 0 bridgehead atoms. The summed E-state index contributed by atoms with van der Waals surface area (Å²) in [7, 11) is -0.872. The van der Waals surface area contributed by atoms with E-state index in [1.165, 1.54) is 32.8 Å². The minimum absolute atomic E-state index is 0.0000365. The van der Waals surface area contributed by atoms with Gasteiger partial charge >= 0.3 is 0 Å². The summed E-state index contributed by atoms with van der Waals surface area (Å²) >= 11 is 0. The summed E-state index contributed by atoms with van der Waals surface area (Å²) < 4.78 is 38.4. The predicted molar refractivity (Wildman–Crippen MR) is 106 cm³/mol. The minimum Gasteiger partial charge on any atom is -0.497 e. The molecule has 1 N–H and O–H groups in total. The lowest BCUT2D eigenvalue weighted by Crippen LogP contribution is -2.31. The average molecular weight is 407 g/mol. The third-order valence-corrected chi connectivity index (χ3v) is 6.09. The van der Waals surface area contributed by atoms with Crippen molar-refractivity contribution < 1.29 is 17.9 Å². The van der Waals surface area contributed by atoms with Gasteiger partial charge < -0.3 is 14.4 Å². The molecule has 0 spiro atoms. The van der Waals surface area contributed by atoms with Gasteiger partial charge in [-0.25, -0.2) is 23.1 Å². The standard InChI is InChI=1S/C19H26N4O4S/c1-14-11-19(23-9-5-4-6-10-23)22-18(21-14)13-20-28(24,25)17-8-7-15(26-2)12-16(17)27-3/h7-8,11-12,20H,4-6,9-10,13H2,1-3H3. The van der Waals surface area contributed by atoms with E-state index in [2.05, 4.69) is 19.6 Å². The van der Waals surface area contributed by atoms with Gasteiger partial charge in [0.25, 0.3) is 0 Å². The van der Waals surface area contributed by atoms with Gasteiger partial charge in [0, 0.05) is 30.9 Å². The number of ether oxygens (including phenoxy) is 2. The Morgan fingerprint density at radius 1 is 1.07 bits per heavy atom. The number of nitrogens with zero attached hydrogens (tertiary/aromatic N) is 3. The molecule has 0 saturated carbocycles. The largest absolute Gasteiger partial charge is 0.497 e. The Bertz CT molecular complexity index is 928. The van der Waals surface area contributed by atoms with Crippen molar-refractivity contribution >= 4 is 15.8 Å². The zero-order valence-corrected chi connectivity index (χ0v) is 17.3. The number of hydrogen-bond donors (Lipinski definition) is 1. The van der Waals surface area contributed by atoms with Gasteiger partial charge in [0.15, 0.2) is 0 Å². The van der Waals surface area contributed by atoms with Gasteiger partial charge in [0.1, 0.15) is 28.0 Å². The van der Waals surface area contributed by atoms with Gasteiger partial charge in [-0.05, 0) is 38.3 Å². The number of nitrogens with one attached hydrogen (secondary N) is 1. The molecule has 1 aliphatic heterocycles. The number of anilines is 1. The fourth-order valence-corrected chi connectivity index (χ4v) is 4.34. The van der Waals surface area contributed by atoms with Gasteiger partial charge in [-0.1, -0.05) is 0 Å². The van der Waals surface area contributed by atoms with E-state index >= 15 is 0 Å². The zero-order valence-electron chi connectivity index (χ0n) is 16.4. The Labute approximate surface area is 166 Å². The number of aryl methyl sites for hydroxylation is 1. The summed E-state index contributed by atoms with van der Waals surface area (Å²) in [6.45, 7) is 3.81. The molecule has 1 aliphatic rings. The molecule has 1 aromatic heterocycles. The van der Waals surface area contributed by atoms with Crippen LogP contribution in [0, 0.1) is 6.92 Å². The van der Waals surface area contributed by atoms with Gasteiger partial charge in [0.05, 0.1) is 20.8 Å². The summed E-state index contributed by atoms with van der Waals surface area (Å²) in [5.41, 5.74) is 0.812. The molecule has 152 valence electrons. The van der Waals surface area contributed by atoms with Gasteiger partial charge in [0.2, 0.25) is 10.0 Å². The van der Waals surface area contributed by atoms with E-state index in [4.69, 9.17) is 9.47 Å². The van der Waals surface area contributed by atoms with Crippen molar-refractivity contribution in [3.05, 3.63) is 35.8 Å². The van der Waals surface area contributed by atoms with Crippen LogP contribution in [0.1, 0.15) is 30.8 Å². The van der Waals surface area contributed by atoms with Crippen LogP contribution in [-0.4, -0.2) is 45.7 Å². The highest BCUT2D eigenvalue weighted by molar-refractivity contribution is 7.89. The highest BCUT2D eigenvalue weighted by atomic mass is 32.2. The van der Waals surface area contributed by atoms with Gasteiger partial charge in [-0.15, -0.1) is 0 Å². The first-order chi connectivity index (χ1) is 13.4. The normalized spacial score (nSPS) is 14.8.